The molecule has 0 saturated heterocycles. The predicted octanol–water partition coefficient (Wildman–Crippen LogP) is 2.68. The Hall–Kier alpha value is -1.25. The van der Waals surface area contributed by atoms with Crippen molar-refractivity contribution in [2.45, 2.75) is 27.2 Å². The van der Waals surface area contributed by atoms with Gasteiger partial charge in [0.25, 0.3) is 0 Å². The van der Waals surface area contributed by atoms with Crippen LogP contribution in [0.15, 0.2) is 23.5 Å². The van der Waals surface area contributed by atoms with E-state index in [0.717, 1.165) is 11.3 Å². The summed E-state index contributed by atoms with van der Waals surface area (Å²) in [5.41, 5.74) is 1.07. The van der Waals surface area contributed by atoms with Gasteiger partial charge in [-0.25, -0.2) is 0 Å². The Morgan fingerprint density at radius 3 is 2.56 bits per heavy atom. The maximum atomic E-state index is 11.4. The van der Waals surface area contributed by atoms with E-state index in [1.807, 2.05) is 13.0 Å². The van der Waals surface area contributed by atoms with Crippen molar-refractivity contribution in [1.29, 1.82) is 0 Å². The predicted molar refractivity (Wildman–Crippen MR) is 62.8 cm³/mol. The summed E-state index contributed by atoms with van der Waals surface area (Å²) >= 11 is 0. The molecule has 0 aliphatic heterocycles. The molecule has 1 rings (SSSR count). The standard InChI is InChI=1S/C13H20O3/c1-9-10(8-12(14)16-5)13(2,3)7-6-11(9)15-4/h6-7,10H,8H2,1-5H3/t10-/m1/s1. The van der Waals surface area contributed by atoms with Gasteiger partial charge in [0, 0.05) is 5.92 Å². The Morgan fingerprint density at radius 2 is 2.06 bits per heavy atom. The Kier molecular flexibility index (Phi) is 3.79. The van der Waals surface area contributed by atoms with Crippen LogP contribution in [0.1, 0.15) is 27.2 Å². The average molecular weight is 224 g/mol. The quantitative estimate of drug-likeness (QED) is 0.691. The fourth-order valence-corrected chi connectivity index (χ4v) is 2.16. The van der Waals surface area contributed by atoms with Gasteiger partial charge in [-0.1, -0.05) is 19.9 Å². The molecule has 0 aromatic rings. The third-order valence-corrected chi connectivity index (χ3v) is 3.29. The van der Waals surface area contributed by atoms with Crippen molar-refractivity contribution in [3.63, 3.8) is 0 Å². The zero-order valence-corrected chi connectivity index (χ0v) is 10.7. The molecule has 1 atom stereocenters. The topological polar surface area (TPSA) is 35.5 Å². The van der Waals surface area contributed by atoms with Gasteiger partial charge in [-0.3, -0.25) is 4.79 Å². The van der Waals surface area contributed by atoms with Gasteiger partial charge in [0.05, 0.1) is 20.6 Å². The number of allylic oxidation sites excluding steroid dienone is 3. The molecular formula is C13H20O3. The number of hydrogen-bond donors (Lipinski definition) is 0. The molecular weight excluding hydrogens is 204 g/mol. The zero-order valence-electron chi connectivity index (χ0n) is 10.7. The lowest BCUT2D eigenvalue weighted by atomic mass is 9.70. The van der Waals surface area contributed by atoms with Crippen LogP contribution in [0.5, 0.6) is 0 Å². The minimum absolute atomic E-state index is 0.0414. The van der Waals surface area contributed by atoms with E-state index in [1.165, 1.54) is 7.11 Å². The molecule has 1 aliphatic rings. The fourth-order valence-electron chi connectivity index (χ4n) is 2.16. The summed E-state index contributed by atoms with van der Waals surface area (Å²) in [6.45, 7) is 6.25. The van der Waals surface area contributed by atoms with Crippen LogP contribution >= 0.6 is 0 Å². The van der Waals surface area contributed by atoms with Crippen LogP contribution in [0.4, 0.5) is 0 Å². The smallest absolute Gasteiger partial charge is 0.306 e. The van der Waals surface area contributed by atoms with Gasteiger partial charge in [0.1, 0.15) is 5.76 Å². The Labute approximate surface area is 97.1 Å². The van der Waals surface area contributed by atoms with E-state index < -0.39 is 0 Å². The summed E-state index contributed by atoms with van der Waals surface area (Å²) in [7, 11) is 3.07. The van der Waals surface area contributed by atoms with E-state index in [-0.39, 0.29) is 17.3 Å². The number of carbonyl (C=O) groups excluding carboxylic acids is 1. The van der Waals surface area contributed by atoms with E-state index in [0.29, 0.717) is 6.42 Å². The fraction of sp³-hybridized carbons (Fsp3) is 0.615. The van der Waals surface area contributed by atoms with Gasteiger partial charge >= 0.3 is 5.97 Å². The normalized spacial score (nSPS) is 23.2. The second-order valence-corrected chi connectivity index (χ2v) is 4.74. The van der Waals surface area contributed by atoms with Crippen molar-refractivity contribution < 1.29 is 14.3 Å². The molecule has 3 nitrogen and oxygen atoms in total. The Bertz CT molecular complexity index is 337. The second kappa shape index (κ2) is 4.73. The molecule has 0 aromatic carbocycles. The highest BCUT2D eigenvalue weighted by Gasteiger charge is 2.34. The SMILES string of the molecule is COC(=O)C[C@@H]1C(C)=C(OC)C=CC1(C)C. The van der Waals surface area contributed by atoms with Crippen molar-refractivity contribution in [2.24, 2.45) is 11.3 Å². The van der Waals surface area contributed by atoms with E-state index in [2.05, 4.69) is 19.9 Å². The van der Waals surface area contributed by atoms with Crippen LogP contribution < -0.4 is 0 Å². The molecule has 0 unspecified atom stereocenters. The monoisotopic (exact) mass is 224 g/mol. The molecule has 3 heteroatoms. The third-order valence-electron chi connectivity index (χ3n) is 3.29. The molecule has 0 heterocycles. The number of rotatable bonds is 3. The van der Waals surface area contributed by atoms with Crippen LogP contribution in [0.3, 0.4) is 0 Å². The largest absolute Gasteiger partial charge is 0.497 e. The molecule has 0 spiro atoms. The third kappa shape index (κ3) is 2.46. The van der Waals surface area contributed by atoms with Gasteiger partial charge in [0.15, 0.2) is 0 Å². The number of hydrogen-bond acceptors (Lipinski definition) is 3. The lowest BCUT2D eigenvalue weighted by molar-refractivity contribution is -0.142. The van der Waals surface area contributed by atoms with E-state index in [4.69, 9.17) is 9.47 Å². The molecule has 0 saturated carbocycles. The lowest BCUT2D eigenvalue weighted by Crippen LogP contribution is -2.29. The first-order chi connectivity index (χ1) is 7.42. The first-order valence-electron chi connectivity index (χ1n) is 5.43. The van der Waals surface area contributed by atoms with E-state index in [1.54, 1.807) is 7.11 Å². The summed E-state index contributed by atoms with van der Waals surface area (Å²) in [5, 5.41) is 0. The molecule has 0 aromatic heterocycles. The van der Waals surface area contributed by atoms with Gasteiger partial charge in [-0.2, -0.15) is 0 Å². The molecule has 0 radical (unpaired) electrons. The van der Waals surface area contributed by atoms with E-state index >= 15 is 0 Å². The molecule has 0 amide bonds. The maximum absolute atomic E-state index is 11.4. The number of ether oxygens (including phenoxy) is 2. The molecule has 0 fully saturated rings. The second-order valence-electron chi connectivity index (χ2n) is 4.74. The van der Waals surface area contributed by atoms with Crippen molar-refractivity contribution >= 4 is 5.97 Å². The maximum Gasteiger partial charge on any atom is 0.306 e. The summed E-state index contributed by atoms with van der Waals surface area (Å²) in [6.07, 6.45) is 4.46. The van der Waals surface area contributed by atoms with Crippen LogP contribution in [0, 0.1) is 11.3 Å². The first-order valence-corrected chi connectivity index (χ1v) is 5.43. The van der Waals surface area contributed by atoms with Gasteiger partial charge < -0.3 is 9.47 Å². The molecule has 16 heavy (non-hydrogen) atoms. The molecule has 0 N–H and O–H groups in total. The van der Waals surface area contributed by atoms with Crippen molar-refractivity contribution in [1.82, 2.24) is 0 Å². The van der Waals surface area contributed by atoms with Crippen molar-refractivity contribution in [3.05, 3.63) is 23.5 Å². The molecule has 0 bridgehead atoms. The van der Waals surface area contributed by atoms with Crippen LogP contribution in [0.25, 0.3) is 0 Å². The average Bonchev–Trinajstić information content (AvgIpc) is 2.24. The van der Waals surface area contributed by atoms with Gasteiger partial charge in [-0.15, -0.1) is 0 Å². The molecule has 1 aliphatic carbocycles. The number of carbonyl (C=O) groups is 1. The highest BCUT2D eigenvalue weighted by Crippen LogP contribution is 2.41. The summed E-state index contributed by atoms with van der Waals surface area (Å²) in [4.78, 5) is 11.4. The summed E-state index contributed by atoms with van der Waals surface area (Å²) in [6, 6.07) is 0. The van der Waals surface area contributed by atoms with Gasteiger partial charge in [-0.05, 0) is 24.0 Å². The summed E-state index contributed by atoms with van der Waals surface area (Å²) in [5.74, 6) is 0.816. The lowest BCUT2D eigenvalue weighted by Gasteiger charge is -2.35. The number of methoxy groups -OCH3 is 2. The molecule has 90 valence electrons. The van der Waals surface area contributed by atoms with Crippen LogP contribution in [-0.2, 0) is 14.3 Å². The minimum Gasteiger partial charge on any atom is -0.497 e. The van der Waals surface area contributed by atoms with Crippen LogP contribution in [0.2, 0.25) is 0 Å². The van der Waals surface area contributed by atoms with E-state index in [9.17, 15) is 4.79 Å². The highest BCUT2D eigenvalue weighted by atomic mass is 16.5. The summed E-state index contributed by atoms with van der Waals surface area (Å²) < 4.78 is 10.0. The van der Waals surface area contributed by atoms with Crippen LogP contribution in [-0.4, -0.2) is 20.2 Å². The Balaban J connectivity index is 2.97. The van der Waals surface area contributed by atoms with Gasteiger partial charge in [0.2, 0.25) is 0 Å². The first kappa shape index (κ1) is 12.8. The number of esters is 1. The Morgan fingerprint density at radius 1 is 1.44 bits per heavy atom. The van der Waals surface area contributed by atoms with Crippen molar-refractivity contribution in [3.8, 4) is 0 Å². The highest BCUT2D eigenvalue weighted by molar-refractivity contribution is 5.70. The zero-order chi connectivity index (χ0) is 12.3. The van der Waals surface area contributed by atoms with Crippen molar-refractivity contribution in [2.75, 3.05) is 14.2 Å². The minimum atomic E-state index is -0.178.